The lowest BCUT2D eigenvalue weighted by molar-refractivity contribution is -0.385. The van der Waals surface area contributed by atoms with Crippen LogP contribution in [0, 0.1) is 52.3 Å². The van der Waals surface area contributed by atoms with E-state index in [0.717, 1.165) is 79.0 Å². The number of nitro benzene ring substituents is 4. The van der Waals surface area contributed by atoms with Gasteiger partial charge in [-0.15, -0.1) is 23.2 Å². The van der Waals surface area contributed by atoms with Crippen molar-refractivity contribution in [3.05, 3.63) is 209 Å². The van der Waals surface area contributed by atoms with Gasteiger partial charge in [-0.3, -0.25) is 53.8 Å². The van der Waals surface area contributed by atoms with E-state index in [9.17, 15) is 74.1 Å². The van der Waals surface area contributed by atoms with Gasteiger partial charge in [-0.2, -0.15) is 0 Å². The van der Waals surface area contributed by atoms with Gasteiger partial charge >= 0.3 is 0 Å². The van der Waals surface area contributed by atoms with Gasteiger partial charge in [0.05, 0.1) is 61.8 Å². The maximum absolute atomic E-state index is 12.3. The minimum absolute atomic E-state index is 0.0278. The van der Waals surface area contributed by atoms with E-state index in [-0.39, 0.29) is 53.1 Å². The Kier molecular flexibility index (Phi) is 36.9. The summed E-state index contributed by atoms with van der Waals surface area (Å²) < 4.78 is 92.4. The summed E-state index contributed by atoms with van der Waals surface area (Å²) in [6, 6.07) is 43.7. The molecule has 0 bridgehead atoms. The van der Waals surface area contributed by atoms with E-state index in [4.69, 9.17) is 28.9 Å². The fourth-order valence-corrected chi connectivity index (χ4v) is 11.4. The highest BCUT2D eigenvalue weighted by Crippen LogP contribution is 2.27. The molecule has 0 amide bonds. The Hall–Kier alpha value is -6.81. The van der Waals surface area contributed by atoms with Crippen LogP contribution in [0.4, 0.5) is 45.5 Å². The smallest absolute Gasteiger partial charge is 0.271 e. The lowest BCUT2D eigenvalue weighted by atomic mass is 9.90. The number of nitrogen functional groups attached to an aromatic ring is 1. The molecule has 0 unspecified atom stereocenters. The third-order valence-corrected chi connectivity index (χ3v) is 17.0. The number of hydrogen-bond acceptors (Lipinski definition) is 19. The summed E-state index contributed by atoms with van der Waals surface area (Å²) in [5.41, 5.74) is 8.91. The van der Waals surface area contributed by atoms with Crippen LogP contribution in [0.5, 0.6) is 0 Å². The summed E-state index contributed by atoms with van der Waals surface area (Å²) in [5, 5.41) is 46.4. The van der Waals surface area contributed by atoms with Crippen LogP contribution in [0.15, 0.2) is 158 Å². The molecule has 4 N–H and O–H groups in total. The number of halogens is 4. The third-order valence-electron chi connectivity index (χ3n) is 12.8. The van der Waals surface area contributed by atoms with Gasteiger partial charge in [0.15, 0.2) is 0 Å². The fourth-order valence-electron chi connectivity index (χ4n) is 8.74. The summed E-state index contributed by atoms with van der Waals surface area (Å²) >= 11 is 13.8. The summed E-state index contributed by atoms with van der Waals surface area (Å²) in [6.45, 7) is 5.24. The number of piperidine rings is 2. The first-order valence-corrected chi connectivity index (χ1v) is 38.4. The first kappa shape index (κ1) is 81.3. The zero-order valence-corrected chi connectivity index (χ0v) is 58.0. The molecular weight excluding hydrogens is 1410 g/mol. The van der Waals surface area contributed by atoms with Crippen molar-refractivity contribution in [3.8, 4) is 0 Å². The number of sulfonamides is 3. The molecule has 34 heteroatoms. The molecule has 0 aromatic heterocycles. The van der Waals surface area contributed by atoms with Crippen molar-refractivity contribution < 1.29 is 53.4 Å². The maximum atomic E-state index is 12.3. The van der Waals surface area contributed by atoms with Crippen molar-refractivity contribution in [1.82, 2.24) is 10.2 Å². The summed E-state index contributed by atoms with van der Waals surface area (Å²) in [7, 11) is -9.11. The number of non-ortho nitro benzene ring substituents is 4. The molecule has 26 nitrogen and oxygen atoms in total. The van der Waals surface area contributed by atoms with Crippen LogP contribution in [0.2, 0.25) is 0 Å². The predicted octanol–water partition coefficient (Wildman–Crippen LogP) is 11.1. The van der Waals surface area contributed by atoms with Gasteiger partial charge < -0.3 is 16.0 Å². The van der Waals surface area contributed by atoms with E-state index >= 15 is 0 Å². The number of likely N-dealkylation sites (tertiary alicyclic amines) is 1. The molecule has 8 rings (SSSR count). The molecule has 0 saturated carbocycles. The molecule has 2 saturated heterocycles. The van der Waals surface area contributed by atoms with E-state index in [1.807, 2.05) is 6.07 Å². The molecular formula is C58H76BrCl3N10O16S4. The van der Waals surface area contributed by atoms with Crippen molar-refractivity contribution in [2.24, 2.45) is 11.8 Å². The Morgan fingerprint density at radius 1 is 0.543 bits per heavy atom. The Balaban J connectivity index is 0.000000396. The predicted molar refractivity (Wildman–Crippen MR) is 371 cm³/mol. The Morgan fingerprint density at radius 2 is 0.913 bits per heavy atom. The van der Waals surface area contributed by atoms with Gasteiger partial charge in [0.2, 0.25) is 39.1 Å². The molecule has 92 heavy (non-hydrogen) atoms. The number of nitrogens with two attached hydrogens (primary N) is 1. The second kappa shape index (κ2) is 41.7. The number of nitro groups is 4. The quantitative estimate of drug-likeness (QED) is 0.0210. The second-order valence-corrected chi connectivity index (χ2v) is 30.5. The molecule has 6 aromatic rings. The van der Waals surface area contributed by atoms with E-state index in [1.165, 1.54) is 121 Å². The van der Waals surface area contributed by atoms with Crippen LogP contribution in [0.3, 0.4) is 0 Å². The van der Waals surface area contributed by atoms with Gasteiger partial charge in [0.25, 0.3) is 22.7 Å². The van der Waals surface area contributed by atoms with Crippen molar-refractivity contribution in [2.45, 2.75) is 38.5 Å². The van der Waals surface area contributed by atoms with Gasteiger partial charge in [-0.25, -0.2) is 33.7 Å². The number of anilines is 4. The van der Waals surface area contributed by atoms with E-state index in [0.29, 0.717) is 29.7 Å². The van der Waals surface area contributed by atoms with Crippen molar-refractivity contribution in [2.75, 3.05) is 107 Å². The highest BCUT2D eigenvalue weighted by Gasteiger charge is 2.24. The summed E-state index contributed by atoms with van der Waals surface area (Å²) in [5.74, 6) is 2.37. The minimum Gasteiger partial charge on any atom is -0.399 e. The Labute approximate surface area is 560 Å². The third kappa shape index (κ3) is 35.9. The zero-order chi connectivity index (χ0) is 69.1. The van der Waals surface area contributed by atoms with E-state index in [1.54, 1.807) is 18.2 Å². The van der Waals surface area contributed by atoms with Gasteiger partial charge in [0.1, 0.15) is 0 Å². The average molecular weight is 1480 g/mol. The standard InChI is InChI=1S/C21H27N3O4S.C12H17N.C9H11ClN2O4S.C7H8N2O4S.C6H6N2O2.C2H4BrCl.CH3ClO2S/c1-29(27,28)23(20-8-5-9-21(17-20)24(25)26)15-14-22-12-10-19(11-13-22)16-18-6-3-2-4-7-18;1-2-4-11(5-3-1)10-12-6-8-13-9-7-12;1-17(15,16)11(6-5-10)8-3-2-4-9(7-8)12(13)14;1-14(12,13)8-6-3-2-4-7(5-6)9(10)11;7-5-2-1-3-6(4-5)8(9)10;3-1-2-4;1-5(2,3)4/h2-9,17,19H,10-16H2,1H3;1-5,12-13H,6-10H2;2-4,7H,5-6H2,1H3;2-5,8H,1H3;1-4H,7H2;1-2H2;1H3. The van der Waals surface area contributed by atoms with Crippen LogP contribution >= 0.6 is 49.8 Å². The van der Waals surface area contributed by atoms with E-state index < -0.39 is 58.8 Å². The molecule has 0 atom stereocenters. The van der Waals surface area contributed by atoms with Crippen LogP contribution in [0.1, 0.15) is 36.8 Å². The zero-order valence-electron chi connectivity index (χ0n) is 50.9. The molecule has 2 fully saturated rings. The second-order valence-electron chi connectivity index (χ2n) is 20.4. The largest absolute Gasteiger partial charge is 0.399 e. The van der Waals surface area contributed by atoms with Crippen LogP contribution in [-0.2, 0) is 52.0 Å². The Morgan fingerprint density at radius 3 is 1.27 bits per heavy atom. The molecule has 2 aliphatic heterocycles. The molecule has 506 valence electrons. The molecule has 2 heterocycles. The highest BCUT2D eigenvalue weighted by atomic mass is 79.9. The van der Waals surface area contributed by atoms with Gasteiger partial charge in [0, 0.05) is 102 Å². The fraction of sp³-hybridized carbons (Fsp3) is 0.379. The first-order valence-electron chi connectivity index (χ1n) is 27.9. The number of benzene rings is 6. The molecule has 0 radical (unpaired) electrons. The molecule has 0 spiro atoms. The van der Waals surface area contributed by atoms with Crippen LogP contribution < -0.4 is 24.4 Å². The highest BCUT2D eigenvalue weighted by molar-refractivity contribution is 9.09. The van der Waals surface area contributed by atoms with Gasteiger partial charge in [-0.1, -0.05) is 101 Å². The normalized spacial score (nSPS) is 13.3. The number of nitrogens with zero attached hydrogens (tertiary/aromatic N) is 7. The van der Waals surface area contributed by atoms with Crippen LogP contribution in [0.25, 0.3) is 0 Å². The topological polar surface area (TPSA) is 369 Å². The average Bonchev–Trinajstić information content (AvgIpc) is 0.901. The van der Waals surface area contributed by atoms with Crippen molar-refractivity contribution in [1.29, 1.82) is 0 Å². The summed E-state index contributed by atoms with van der Waals surface area (Å²) in [4.78, 5) is 42.2. The van der Waals surface area contributed by atoms with E-state index in [2.05, 4.69) is 96.1 Å². The number of alkyl halides is 3. The number of nitrogens with one attached hydrogen (secondary N) is 2. The Bertz CT molecular complexity index is 3710. The molecule has 6 aromatic carbocycles. The first-order chi connectivity index (χ1) is 43.1. The van der Waals surface area contributed by atoms with Crippen LogP contribution in [-0.4, -0.2) is 146 Å². The van der Waals surface area contributed by atoms with Crippen molar-refractivity contribution >= 4 is 134 Å². The molecule has 0 aliphatic carbocycles. The monoisotopic (exact) mass is 1480 g/mol. The maximum Gasteiger partial charge on any atom is 0.271 e. The lowest BCUT2D eigenvalue weighted by Gasteiger charge is -2.33. The minimum atomic E-state index is -3.53. The number of hydrogen-bond donors (Lipinski definition) is 3. The number of rotatable bonds is 20. The summed E-state index contributed by atoms with van der Waals surface area (Å²) in [6.07, 6.45) is 11.3. The molecule has 2 aliphatic rings. The SMILES string of the molecule is CS(=O)(=O)Cl.CS(=O)(=O)N(CCCl)c1cccc([N+](=O)[O-])c1.CS(=O)(=O)N(CCN1CCC(Cc2ccccc2)CC1)c1cccc([N+](=O)[O-])c1.CS(=O)(=O)Nc1cccc([N+](=O)[O-])c1.ClCCBr.Nc1cccc([N+](=O)[O-])c1.c1ccc(CC2CCNCC2)cc1. The van der Waals surface area contributed by atoms with Gasteiger partial charge in [-0.05, 0) is 112 Å². The lowest BCUT2D eigenvalue weighted by Crippen LogP contribution is -2.41. The van der Waals surface area contributed by atoms with Crippen molar-refractivity contribution in [3.63, 3.8) is 0 Å².